The maximum absolute atomic E-state index is 4.83. The van der Waals surface area contributed by atoms with Crippen molar-refractivity contribution in [2.45, 2.75) is 64.3 Å². The molecule has 2 nitrogen and oxygen atoms in total. The monoisotopic (exact) mass is 294 g/mol. The molecule has 3 aliphatic carbocycles. The van der Waals surface area contributed by atoms with E-state index < -0.39 is 0 Å². The van der Waals surface area contributed by atoms with Crippen molar-refractivity contribution < 1.29 is 0 Å². The van der Waals surface area contributed by atoms with Crippen LogP contribution in [0.2, 0.25) is 0 Å². The van der Waals surface area contributed by atoms with Crippen LogP contribution in [0.5, 0.6) is 0 Å². The molecule has 22 heavy (non-hydrogen) atoms. The summed E-state index contributed by atoms with van der Waals surface area (Å²) in [5.41, 5.74) is 7.83. The molecule has 1 saturated carbocycles. The predicted molar refractivity (Wildman–Crippen MR) is 91.6 cm³/mol. The van der Waals surface area contributed by atoms with E-state index in [9.17, 15) is 0 Å². The number of hydrogen-bond acceptors (Lipinski definition) is 1. The lowest BCUT2D eigenvalue weighted by atomic mass is 9.74. The Kier molecular flexibility index (Phi) is 3.06. The van der Waals surface area contributed by atoms with Crippen LogP contribution in [0.4, 0.5) is 0 Å². The first-order valence-corrected chi connectivity index (χ1v) is 9.38. The fourth-order valence-corrected chi connectivity index (χ4v) is 5.39. The first-order valence-electron chi connectivity index (χ1n) is 9.38. The number of aromatic nitrogens is 1. The highest BCUT2D eigenvalue weighted by atomic mass is 15.1. The first-order chi connectivity index (χ1) is 10.9. The van der Waals surface area contributed by atoms with Crippen molar-refractivity contribution in [1.29, 1.82) is 0 Å². The van der Waals surface area contributed by atoms with Crippen LogP contribution in [0.15, 0.2) is 11.1 Å². The summed E-state index contributed by atoms with van der Waals surface area (Å²) in [4.78, 5) is 4.83. The van der Waals surface area contributed by atoms with E-state index in [4.69, 9.17) is 4.99 Å². The minimum Gasteiger partial charge on any atom is -0.338 e. The molecule has 0 saturated heterocycles. The summed E-state index contributed by atoms with van der Waals surface area (Å²) in [7, 11) is 0. The van der Waals surface area contributed by atoms with Crippen LogP contribution < -0.4 is 0 Å². The van der Waals surface area contributed by atoms with E-state index in [1.807, 2.05) is 0 Å². The van der Waals surface area contributed by atoms with Crippen molar-refractivity contribution in [2.75, 3.05) is 6.54 Å². The number of rotatable bonds is 1. The SMILES string of the molecule is C1=CC(C2CCCCC2)Cc2c3c4n(c21)CCN=C4CCC3. The van der Waals surface area contributed by atoms with Crippen molar-refractivity contribution in [3.63, 3.8) is 0 Å². The molecular weight excluding hydrogens is 268 g/mol. The number of nitrogens with zero attached hydrogens (tertiary/aromatic N) is 2. The Morgan fingerprint density at radius 3 is 2.82 bits per heavy atom. The van der Waals surface area contributed by atoms with Crippen molar-refractivity contribution in [1.82, 2.24) is 4.57 Å². The summed E-state index contributed by atoms with van der Waals surface area (Å²) in [6.07, 6.45) is 17.4. The largest absolute Gasteiger partial charge is 0.338 e. The lowest BCUT2D eigenvalue weighted by Crippen LogP contribution is -2.22. The maximum atomic E-state index is 4.83. The van der Waals surface area contributed by atoms with Gasteiger partial charge in [0.1, 0.15) is 0 Å². The molecule has 5 rings (SSSR count). The van der Waals surface area contributed by atoms with Gasteiger partial charge in [0.25, 0.3) is 0 Å². The molecule has 0 radical (unpaired) electrons. The van der Waals surface area contributed by atoms with E-state index in [2.05, 4.69) is 16.7 Å². The van der Waals surface area contributed by atoms with Crippen LogP contribution in [0, 0.1) is 11.8 Å². The van der Waals surface area contributed by atoms with Gasteiger partial charge in [-0.3, -0.25) is 4.99 Å². The molecule has 1 unspecified atom stereocenters. The average molecular weight is 294 g/mol. The average Bonchev–Trinajstić information content (AvgIpc) is 2.92. The number of fused-ring (bicyclic) bond motifs is 3. The quantitative estimate of drug-likeness (QED) is 0.731. The van der Waals surface area contributed by atoms with E-state index in [0.717, 1.165) is 24.9 Å². The summed E-state index contributed by atoms with van der Waals surface area (Å²) < 4.78 is 2.60. The van der Waals surface area contributed by atoms with Gasteiger partial charge in [-0.2, -0.15) is 0 Å². The molecule has 2 heterocycles. The van der Waals surface area contributed by atoms with Gasteiger partial charge in [0.2, 0.25) is 0 Å². The van der Waals surface area contributed by atoms with E-state index in [-0.39, 0.29) is 0 Å². The third kappa shape index (κ3) is 1.89. The molecule has 1 atom stereocenters. The molecule has 0 bridgehead atoms. The Morgan fingerprint density at radius 2 is 1.91 bits per heavy atom. The molecule has 2 heteroatoms. The van der Waals surface area contributed by atoms with Crippen molar-refractivity contribution in [3.8, 4) is 0 Å². The second-order valence-corrected chi connectivity index (χ2v) is 7.65. The second-order valence-electron chi connectivity index (χ2n) is 7.65. The van der Waals surface area contributed by atoms with Crippen LogP contribution >= 0.6 is 0 Å². The Bertz CT molecular complexity index is 656. The molecule has 116 valence electrons. The molecular formula is C20H26N2. The molecule has 4 aliphatic rings. The van der Waals surface area contributed by atoms with Crippen LogP contribution in [-0.4, -0.2) is 16.8 Å². The summed E-state index contributed by atoms with van der Waals surface area (Å²) in [6, 6.07) is 0. The minimum absolute atomic E-state index is 0.802. The van der Waals surface area contributed by atoms with Gasteiger partial charge in [0.15, 0.2) is 0 Å². The lowest BCUT2D eigenvalue weighted by Gasteiger charge is -2.30. The molecule has 0 spiro atoms. The molecule has 1 fully saturated rings. The zero-order chi connectivity index (χ0) is 14.5. The molecule has 0 amide bonds. The third-order valence-corrected chi connectivity index (χ3v) is 6.46. The summed E-state index contributed by atoms with van der Waals surface area (Å²) >= 11 is 0. The van der Waals surface area contributed by atoms with E-state index in [1.54, 1.807) is 11.1 Å². The van der Waals surface area contributed by atoms with Crippen molar-refractivity contribution in [2.24, 2.45) is 16.8 Å². The lowest BCUT2D eigenvalue weighted by molar-refractivity contribution is 0.283. The normalized spacial score (nSPS) is 27.3. The summed E-state index contributed by atoms with van der Waals surface area (Å²) in [6.45, 7) is 2.09. The summed E-state index contributed by atoms with van der Waals surface area (Å²) in [5, 5.41) is 0. The van der Waals surface area contributed by atoms with Crippen molar-refractivity contribution >= 4 is 11.8 Å². The zero-order valence-corrected chi connectivity index (χ0v) is 13.5. The Labute approximate surface area is 133 Å². The zero-order valence-electron chi connectivity index (χ0n) is 13.5. The van der Waals surface area contributed by atoms with Crippen LogP contribution in [0.1, 0.15) is 67.5 Å². The van der Waals surface area contributed by atoms with E-state index in [0.29, 0.717) is 0 Å². The van der Waals surface area contributed by atoms with Gasteiger partial charge in [0, 0.05) is 12.2 Å². The van der Waals surface area contributed by atoms with Gasteiger partial charge >= 0.3 is 0 Å². The van der Waals surface area contributed by atoms with E-state index >= 15 is 0 Å². The van der Waals surface area contributed by atoms with Crippen LogP contribution in [-0.2, 0) is 19.4 Å². The Balaban J connectivity index is 1.54. The fourth-order valence-electron chi connectivity index (χ4n) is 5.39. The van der Waals surface area contributed by atoms with E-state index in [1.165, 1.54) is 74.9 Å². The predicted octanol–water partition coefficient (Wildman–Crippen LogP) is 4.39. The van der Waals surface area contributed by atoms with Gasteiger partial charge in [-0.15, -0.1) is 0 Å². The molecule has 0 N–H and O–H groups in total. The van der Waals surface area contributed by atoms with Gasteiger partial charge < -0.3 is 4.57 Å². The fraction of sp³-hybridized carbons (Fsp3) is 0.650. The minimum atomic E-state index is 0.802. The highest BCUT2D eigenvalue weighted by Crippen LogP contribution is 2.41. The van der Waals surface area contributed by atoms with Crippen LogP contribution in [0.3, 0.4) is 0 Å². The Hall–Kier alpha value is -1.31. The molecule has 1 aromatic rings. The Morgan fingerprint density at radius 1 is 1.00 bits per heavy atom. The number of aliphatic imine (C=N–C) groups is 1. The number of hydrogen-bond donors (Lipinski definition) is 0. The highest BCUT2D eigenvalue weighted by molar-refractivity contribution is 6.03. The summed E-state index contributed by atoms with van der Waals surface area (Å²) in [5.74, 6) is 1.75. The topological polar surface area (TPSA) is 17.3 Å². The van der Waals surface area contributed by atoms with Gasteiger partial charge in [0.05, 0.1) is 18.0 Å². The molecule has 1 aliphatic heterocycles. The molecule has 0 aromatic carbocycles. The van der Waals surface area contributed by atoms with Gasteiger partial charge in [-0.1, -0.05) is 25.3 Å². The van der Waals surface area contributed by atoms with Gasteiger partial charge in [-0.05, 0) is 67.6 Å². The smallest absolute Gasteiger partial charge is 0.0661 e. The molecule has 1 aromatic heterocycles. The highest BCUT2D eigenvalue weighted by Gasteiger charge is 2.33. The standard InChI is InChI=1S/C20H26N2/c1-2-5-14(6-3-1)15-9-10-19-17(13-15)16-7-4-8-18-20(16)22(19)12-11-21-18/h9-10,14-15H,1-8,11-13H2. The second kappa shape index (κ2) is 5.11. The van der Waals surface area contributed by atoms with Gasteiger partial charge in [-0.25, -0.2) is 0 Å². The third-order valence-electron chi connectivity index (χ3n) is 6.46. The number of allylic oxidation sites excluding steroid dienone is 1. The van der Waals surface area contributed by atoms with Crippen LogP contribution in [0.25, 0.3) is 6.08 Å². The first kappa shape index (κ1) is 13.2. The maximum Gasteiger partial charge on any atom is 0.0661 e. The van der Waals surface area contributed by atoms with Crippen molar-refractivity contribution in [3.05, 3.63) is 28.6 Å².